The minimum atomic E-state index is -0.995. The first-order valence-corrected chi connectivity index (χ1v) is 10.3. The first-order valence-electron chi connectivity index (χ1n) is 10.3. The van der Waals surface area contributed by atoms with Gasteiger partial charge in [0.2, 0.25) is 5.91 Å². The van der Waals surface area contributed by atoms with Crippen molar-refractivity contribution < 1.29 is 19.5 Å². The third-order valence-electron chi connectivity index (χ3n) is 5.68. The molecule has 1 aromatic heterocycles. The summed E-state index contributed by atoms with van der Waals surface area (Å²) in [6.45, 7) is 4.16. The first kappa shape index (κ1) is 21.2. The molecule has 1 aliphatic heterocycles. The third kappa shape index (κ3) is 3.97. The topological polar surface area (TPSA) is 99.6 Å². The van der Waals surface area contributed by atoms with Crippen LogP contribution in [0, 0.1) is 13.8 Å². The summed E-state index contributed by atoms with van der Waals surface area (Å²) in [5.41, 5.74) is 4.80. The van der Waals surface area contributed by atoms with Crippen molar-refractivity contribution in [2.24, 2.45) is 0 Å². The number of aromatic carboxylic acids is 1. The van der Waals surface area contributed by atoms with E-state index in [1.807, 2.05) is 38.1 Å². The lowest BCUT2D eigenvalue weighted by Gasteiger charge is -2.28. The van der Waals surface area contributed by atoms with E-state index in [0.717, 1.165) is 27.9 Å². The molecule has 162 valence electrons. The highest BCUT2D eigenvalue weighted by Crippen LogP contribution is 2.41. The number of fused-ring (bicyclic) bond motifs is 1. The summed E-state index contributed by atoms with van der Waals surface area (Å²) in [7, 11) is 0. The number of hydrogen-bond acceptors (Lipinski definition) is 4. The Morgan fingerprint density at radius 1 is 1.03 bits per heavy atom. The van der Waals surface area contributed by atoms with Crippen molar-refractivity contribution in [1.29, 1.82) is 0 Å². The van der Waals surface area contributed by atoms with E-state index >= 15 is 0 Å². The molecule has 7 heteroatoms. The van der Waals surface area contributed by atoms with Crippen LogP contribution in [0.3, 0.4) is 0 Å². The standard InChI is InChI=1S/C25H23N3O4/c1-15-5-3-6-16(2)23(15)28-20(19-7-4-12-26-22(19)24(28)30)13-21(29)27-14-17-8-10-18(11-9-17)25(31)32/h3-12,20H,13-14H2,1-2H3,(H,27,29)(H,31,32). The monoisotopic (exact) mass is 429 g/mol. The Morgan fingerprint density at radius 3 is 2.38 bits per heavy atom. The van der Waals surface area contributed by atoms with Gasteiger partial charge in [0.05, 0.1) is 23.7 Å². The number of carbonyl (C=O) groups is 3. The van der Waals surface area contributed by atoms with Gasteiger partial charge in [-0.25, -0.2) is 4.79 Å². The van der Waals surface area contributed by atoms with E-state index in [0.29, 0.717) is 5.69 Å². The van der Waals surface area contributed by atoms with Gasteiger partial charge >= 0.3 is 5.97 Å². The minimum Gasteiger partial charge on any atom is -0.478 e. The van der Waals surface area contributed by atoms with E-state index in [9.17, 15) is 14.4 Å². The van der Waals surface area contributed by atoms with E-state index in [-0.39, 0.29) is 30.3 Å². The summed E-state index contributed by atoms with van der Waals surface area (Å²) in [6, 6.07) is 15.3. The van der Waals surface area contributed by atoms with Gasteiger partial charge in [-0.2, -0.15) is 0 Å². The van der Waals surface area contributed by atoms with E-state index in [2.05, 4.69) is 10.3 Å². The van der Waals surface area contributed by atoms with Crippen LogP contribution in [0.1, 0.15) is 55.6 Å². The van der Waals surface area contributed by atoms with Gasteiger partial charge < -0.3 is 10.4 Å². The van der Waals surface area contributed by atoms with Gasteiger partial charge in [0, 0.05) is 18.3 Å². The summed E-state index contributed by atoms with van der Waals surface area (Å²) < 4.78 is 0. The van der Waals surface area contributed by atoms with Gasteiger partial charge in [0.15, 0.2) is 0 Å². The Kier molecular flexibility index (Phi) is 5.73. The molecule has 1 atom stereocenters. The van der Waals surface area contributed by atoms with Crippen LogP contribution in [0.25, 0.3) is 0 Å². The van der Waals surface area contributed by atoms with Gasteiger partial charge in [-0.3, -0.25) is 19.5 Å². The van der Waals surface area contributed by atoms with E-state index < -0.39 is 12.0 Å². The number of carboxylic acids is 1. The van der Waals surface area contributed by atoms with Crippen molar-refractivity contribution in [3.05, 3.63) is 94.3 Å². The first-order chi connectivity index (χ1) is 15.4. The van der Waals surface area contributed by atoms with Crippen LogP contribution in [0.4, 0.5) is 5.69 Å². The van der Waals surface area contributed by atoms with Crippen molar-refractivity contribution in [2.75, 3.05) is 4.90 Å². The molecule has 0 aliphatic carbocycles. The van der Waals surface area contributed by atoms with Crippen molar-refractivity contribution in [3.63, 3.8) is 0 Å². The maximum atomic E-state index is 13.2. The van der Waals surface area contributed by atoms with Gasteiger partial charge in [-0.15, -0.1) is 0 Å². The summed E-state index contributed by atoms with van der Waals surface area (Å²) in [6.07, 6.45) is 1.67. The van der Waals surface area contributed by atoms with Gasteiger partial charge in [0.25, 0.3) is 5.91 Å². The molecule has 1 unspecified atom stereocenters. The van der Waals surface area contributed by atoms with Crippen LogP contribution < -0.4 is 10.2 Å². The van der Waals surface area contributed by atoms with Gasteiger partial charge in [0.1, 0.15) is 5.69 Å². The predicted octanol–water partition coefficient (Wildman–Crippen LogP) is 3.80. The highest BCUT2D eigenvalue weighted by molar-refractivity contribution is 6.11. The van der Waals surface area contributed by atoms with Gasteiger partial charge in [-0.05, 0) is 48.7 Å². The number of hydrogen-bond donors (Lipinski definition) is 2. The number of para-hydroxylation sites is 1. The van der Waals surface area contributed by atoms with Crippen LogP contribution in [0.5, 0.6) is 0 Å². The number of nitrogens with zero attached hydrogens (tertiary/aromatic N) is 2. The Morgan fingerprint density at radius 2 is 1.72 bits per heavy atom. The number of carbonyl (C=O) groups excluding carboxylic acids is 2. The lowest BCUT2D eigenvalue weighted by atomic mass is 10.0. The Bertz CT molecular complexity index is 1180. The lowest BCUT2D eigenvalue weighted by molar-refractivity contribution is -0.121. The summed E-state index contributed by atoms with van der Waals surface area (Å²) in [5.74, 6) is -1.41. The molecule has 0 fully saturated rings. The zero-order chi connectivity index (χ0) is 22.8. The number of nitrogens with one attached hydrogen (secondary N) is 1. The highest BCUT2D eigenvalue weighted by atomic mass is 16.4. The molecule has 0 spiro atoms. The molecule has 2 amide bonds. The Labute approximate surface area is 185 Å². The molecule has 0 saturated heterocycles. The predicted molar refractivity (Wildman–Crippen MR) is 120 cm³/mol. The second-order valence-corrected chi connectivity index (χ2v) is 7.86. The number of carboxylic acid groups (broad SMARTS) is 1. The fourth-order valence-electron chi connectivity index (χ4n) is 4.12. The van der Waals surface area contributed by atoms with Crippen molar-refractivity contribution in [2.45, 2.75) is 32.9 Å². The Hall–Kier alpha value is -4.00. The van der Waals surface area contributed by atoms with Crippen LogP contribution in [-0.4, -0.2) is 27.9 Å². The third-order valence-corrected chi connectivity index (χ3v) is 5.68. The van der Waals surface area contributed by atoms with Crippen LogP contribution in [0.2, 0.25) is 0 Å². The van der Waals surface area contributed by atoms with Crippen molar-refractivity contribution >= 4 is 23.5 Å². The maximum Gasteiger partial charge on any atom is 0.335 e. The smallest absolute Gasteiger partial charge is 0.335 e. The number of aryl methyl sites for hydroxylation is 2. The number of pyridine rings is 1. The molecule has 32 heavy (non-hydrogen) atoms. The average molecular weight is 429 g/mol. The number of amides is 2. The molecule has 2 heterocycles. The second-order valence-electron chi connectivity index (χ2n) is 7.86. The molecule has 4 rings (SSSR count). The van der Waals surface area contributed by atoms with Crippen LogP contribution in [0.15, 0.2) is 60.8 Å². The fourth-order valence-corrected chi connectivity index (χ4v) is 4.12. The van der Waals surface area contributed by atoms with E-state index in [1.54, 1.807) is 29.3 Å². The molecule has 0 saturated carbocycles. The molecule has 1 aliphatic rings. The lowest BCUT2D eigenvalue weighted by Crippen LogP contribution is -2.33. The number of rotatable bonds is 6. The number of benzene rings is 2. The zero-order valence-electron chi connectivity index (χ0n) is 17.8. The normalized spacial score (nSPS) is 14.9. The number of anilines is 1. The molecule has 0 radical (unpaired) electrons. The SMILES string of the molecule is Cc1cccc(C)c1N1C(=O)c2ncccc2C1CC(=O)NCc1ccc(C(=O)O)cc1. The molecule has 7 nitrogen and oxygen atoms in total. The highest BCUT2D eigenvalue weighted by Gasteiger charge is 2.40. The largest absolute Gasteiger partial charge is 0.478 e. The average Bonchev–Trinajstić information content (AvgIpc) is 3.04. The second kappa shape index (κ2) is 8.63. The molecule has 3 aromatic rings. The van der Waals surface area contributed by atoms with Crippen molar-refractivity contribution in [1.82, 2.24) is 10.3 Å². The summed E-state index contributed by atoms with van der Waals surface area (Å²) in [4.78, 5) is 43.0. The van der Waals surface area contributed by atoms with E-state index in [4.69, 9.17) is 5.11 Å². The molecule has 0 bridgehead atoms. The molecule has 2 N–H and O–H groups in total. The summed E-state index contributed by atoms with van der Waals surface area (Å²) in [5, 5.41) is 11.9. The molecular formula is C25H23N3O4. The zero-order valence-corrected chi connectivity index (χ0v) is 17.8. The van der Waals surface area contributed by atoms with Crippen LogP contribution in [-0.2, 0) is 11.3 Å². The number of aromatic nitrogens is 1. The van der Waals surface area contributed by atoms with E-state index in [1.165, 1.54) is 12.1 Å². The quantitative estimate of drug-likeness (QED) is 0.621. The van der Waals surface area contributed by atoms with Gasteiger partial charge in [-0.1, -0.05) is 36.4 Å². The minimum absolute atomic E-state index is 0.0887. The summed E-state index contributed by atoms with van der Waals surface area (Å²) >= 11 is 0. The van der Waals surface area contributed by atoms with Crippen molar-refractivity contribution in [3.8, 4) is 0 Å². The fraction of sp³-hybridized carbons (Fsp3) is 0.200. The van der Waals surface area contributed by atoms with Crippen LogP contribution >= 0.6 is 0 Å². The molecule has 2 aromatic carbocycles. The Balaban J connectivity index is 1.56. The molecular weight excluding hydrogens is 406 g/mol. The maximum absolute atomic E-state index is 13.2.